The number of benzene rings is 1. The highest BCUT2D eigenvalue weighted by Crippen LogP contribution is 2.32. The zero-order chi connectivity index (χ0) is 20.4. The fourth-order valence-electron chi connectivity index (χ4n) is 4.84. The summed E-state index contributed by atoms with van der Waals surface area (Å²) in [6.07, 6.45) is 5.66. The van der Waals surface area contributed by atoms with Crippen molar-refractivity contribution in [2.24, 2.45) is 13.0 Å². The number of carbonyl (C=O) groups is 1. The van der Waals surface area contributed by atoms with Gasteiger partial charge in [-0.25, -0.2) is 0 Å². The Bertz CT molecular complexity index is 845. The van der Waals surface area contributed by atoms with Gasteiger partial charge in [0.05, 0.1) is 13.3 Å². The van der Waals surface area contributed by atoms with Crippen LogP contribution in [0.1, 0.15) is 36.1 Å². The minimum Gasteiger partial charge on any atom is -0.497 e. The zero-order valence-corrected chi connectivity index (χ0v) is 17.8. The number of ether oxygens (including phenoxy) is 1. The monoisotopic (exact) mass is 396 g/mol. The van der Waals surface area contributed by atoms with Crippen LogP contribution < -0.4 is 4.74 Å². The number of amides is 1. The minimum absolute atomic E-state index is 0.330. The van der Waals surface area contributed by atoms with Crippen LogP contribution in [0.15, 0.2) is 30.5 Å². The maximum absolute atomic E-state index is 12.7. The van der Waals surface area contributed by atoms with E-state index < -0.39 is 0 Å². The average molecular weight is 397 g/mol. The molecule has 29 heavy (non-hydrogen) atoms. The van der Waals surface area contributed by atoms with Gasteiger partial charge in [0.2, 0.25) is 5.91 Å². The maximum Gasteiger partial charge on any atom is 0.222 e. The molecule has 1 aromatic carbocycles. The summed E-state index contributed by atoms with van der Waals surface area (Å²) in [5, 5.41) is 4.38. The highest BCUT2D eigenvalue weighted by Gasteiger charge is 2.39. The van der Waals surface area contributed by atoms with Crippen molar-refractivity contribution in [1.29, 1.82) is 0 Å². The van der Waals surface area contributed by atoms with Crippen LogP contribution in [0.5, 0.6) is 5.75 Å². The van der Waals surface area contributed by atoms with E-state index >= 15 is 0 Å². The number of hydrogen-bond acceptors (Lipinski definition) is 4. The van der Waals surface area contributed by atoms with Gasteiger partial charge in [-0.1, -0.05) is 12.1 Å². The van der Waals surface area contributed by atoms with Gasteiger partial charge < -0.3 is 9.64 Å². The molecular weight excluding hydrogens is 364 g/mol. The molecule has 0 unspecified atom stereocenters. The Morgan fingerprint density at radius 3 is 2.69 bits per heavy atom. The van der Waals surface area contributed by atoms with E-state index in [1.807, 2.05) is 30.1 Å². The van der Waals surface area contributed by atoms with Crippen molar-refractivity contribution in [2.75, 3.05) is 26.7 Å². The second-order valence-electron chi connectivity index (χ2n) is 8.45. The van der Waals surface area contributed by atoms with Crippen LogP contribution in [-0.4, -0.2) is 58.3 Å². The van der Waals surface area contributed by atoms with Crippen LogP contribution in [-0.2, 0) is 24.8 Å². The van der Waals surface area contributed by atoms with Crippen molar-refractivity contribution < 1.29 is 9.53 Å². The maximum atomic E-state index is 12.7. The van der Waals surface area contributed by atoms with E-state index in [2.05, 4.69) is 34.0 Å². The Morgan fingerprint density at radius 1 is 1.21 bits per heavy atom. The lowest BCUT2D eigenvalue weighted by atomic mass is 9.83. The molecular formula is C23H32N4O2. The zero-order valence-electron chi connectivity index (χ0n) is 17.8. The number of nitrogens with zero attached hydrogens (tertiary/aromatic N) is 4. The van der Waals surface area contributed by atoms with Gasteiger partial charge in [-0.2, -0.15) is 5.10 Å². The third kappa shape index (κ3) is 4.32. The third-order valence-electron chi connectivity index (χ3n) is 6.76. The van der Waals surface area contributed by atoms with Crippen molar-refractivity contribution in [3.05, 3.63) is 47.3 Å². The fraction of sp³-hybridized carbons (Fsp3) is 0.565. The lowest BCUT2D eigenvalue weighted by molar-refractivity contribution is -0.141. The standard InChI is InChI=1S/C23H32N4O2/c1-17-20(14-24-25(17)2)16-26-12-11-22-19(15-26)6-9-23(28)27(22)13-10-18-4-7-21(29-3)8-5-18/h4-5,7-8,14,19,22H,6,9-13,15-16H2,1-3H3/t19-,22+/m1/s1. The number of carbonyl (C=O) groups excluding carboxylic acids is 1. The Labute approximate surface area is 173 Å². The number of aromatic nitrogens is 2. The van der Waals surface area contributed by atoms with Crippen molar-refractivity contribution in [3.63, 3.8) is 0 Å². The normalized spacial score (nSPS) is 22.6. The number of methoxy groups -OCH3 is 1. The molecule has 6 nitrogen and oxygen atoms in total. The van der Waals surface area contributed by atoms with Crippen LogP contribution in [0.4, 0.5) is 0 Å². The highest BCUT2D eigenvalue weighted by molar-refractivity contribution is 5.77. The van der Waals surface area contributed by atoms with E-state index in [1.54, 1.807) is 7.11 Å². The number of aryl methyl sites for hydroxylation is 1. The molecule has 0 N–H and O–H groups in total. The summed E-state index contributed by atoms with van der Waals surface area (Å²) < 4.78 is 7.18. The predicted molar refractivity (Wildman–Crippen MR) is 113 cm³/mol. The molecule has 6 heteroatoms. The first-order chi connectivity index (χ1) is 14.0. The molecule has 156 valence electrons. The van der Waals surface area contributed by atoms with Gasteiger partial charge >= 0.3 is 0 Å². The van der Waals surface area contributed by atoms with E-state index in [-0.39, 0.29) is 0 Å². The second-order valence-corrected chi connectivity index (χ2v) is 8.45. The molecule has 1 aromatic heterocycles. The van der Waals surface area contributed by atoms with Crippen LogP contribution in [0.2, 0.25) is 0 Å². The molecule has 1 amide bonds. The first-order valence-corrected chi connectivity index (χ1v) is 10.7. The molecule has 0 bridgehead atoms. The molecule has 4 rings (SSSR count). The number of likely N-dealkylation sites (tertiary alicyclic amines) is 2. The number of rotatable bonds is 6. The molecule has 2 saturated heterocycles. The average Bonchev–Trinajstić information content (AvgIpc) is 3.05. The highest BCUT2D eigenvalue weighted by atomic mass is 16.5. The molecule has 2 aromatic rings. The van der Waals surface area contributed by atoms with Gasteiger partial charge in [0, 0.05) is 56.9 Å². The first-order valence-electron chi connectivity index (χ1n) is 10.7. The molecule has 0 saturated carbocycles. The summed E-state index contributed by atoms with van der Waals surface area (Å²) in [5.41, 5.74) is 3.81. The molecule has 2 aliphatic rings. The van der Waals surface area contributed by atoms with Gasteiger partial charge in [0.1, 0.15) is 5.75 Å². The first kappa shape index (κ1) is 20.0. The molecule has 3 heterocycles. The van der Waals surface area contributed by atoms with Crippen LogP contribution in [0, 0.1) is 12.8 Å². The fourth-order valence-corrected chi connectivity index (χ4v) is 4.84. The SMILES string of the molecule is COc1ccc(CCN2C(=O)CC[C@@H]3CN(Cc4cnn(C)c4C)CC[C@@H]32)cc1. The Kier molecular flexibility index (Phi) is 5.90. The Morgan fingerprint density at radius 2 is 2.00 bits per heavy atom. The Hall–Kier alpha value is -2.34. The topological polar surface area (TPSA) is 50.6 Å². The largest absolute Gasteiger partial charge is 0.497 e. The van der Waals surface area contributed by atoms with E-state index in [0.29, 0.717) is 24.3 Å². The molecule has 0 radical (unpaired) electrons. The van der Waals surface area contributed by atoms with E-state index in [0.717, 1.165) is 51.2 Å². The summed E-state index contributed by atoms with van der Waals surface area (Å²) in [6, 6.07) is 8.58. The van der Waals surface area contributed by atoms with Crippen molar-refractivity contribution >= 4 is 5.91 Å². The van der Waals surface area contributed by atoms with Gasteiger partial charge in [-0.05, 0) is 49.8 Å². The van der Waals surface area contributed by atoms with Crippen molar-refractivity contribution in [1.82, 2.24) is 19.6 Å². The van der Waals surface area contributed by atoms with Crippen LogP contribution in [0.3, 0.4) is 0 Å². The summed E-state index contributed by atoms with van der Waals surface area (Å²) in [6.45, 7) is 6.03. The van der Waals surface area contributed by atoms with Crippen LogP contribution in [0.25, 0.3) is 0 Å². The quantitative estimate of drug-likeness (QED) is 0.753. The van der Waals surface area contributed by atoms with E-state index in [1.165, 1.54) is 16.8 Å². The third-order valence-corrected chi connectivity index (χ3v) is 6.76. The molecule has 2 fully saturated rings. The summed E-state index contributed by atoms with van der Waals surface area (Å²) >= 11 is 0. The van der Waals surface area contributed by atoms with Crippen molar-refractivity contribution in [2.45, 2.75) is 45.2 Å². The van der Waals surface area contributed by atoms with E-state index in [4.69, 9.17) is 4.74 Å². The van der Waals surface area contributed by atoms with Gasteiger partial charge in [0.25, 0.3) is 0 Å². The summed E-state index contributed by atoms with van der Waals surface area (Å²) in [4.78, 5) is 17.4. The molecule has 2 aliphatic heterocycles. The minimum atomic E-state index is 0.330. The smallest absolute Gasteiger partial charge is 0.222 e. The Balaban J connectivity index is 1.36. The second kappa shape index (κ2) is 8.57. The number of fused-ring (bicyclic) bond motifs is 1. The number of piperidine rings is 2. The predicted octanol–water partition coefficient (Wildman–Crippen LogP) is 2.79. The van der Waals surface area contributed by atoms with Gasteiger partial charge in [-0.3, -0.25) is 14.4 Å². The van der Waals surface area contributed by atoms with E-state index in [9.17, 15) is 4.79 Å². The number of hydrogen-bond donors (Lipinski definition) is 0. The van der Waals surface area contributed by atoms with Crippen LogP contribution >= 0.6 is 0 Å². The lowest BCUT2D eigenvalue weighted by Crippen LogP contribution is -2.56. The summed E-state index contributed by atoms with van der Waals surface area (Å²) in [5.74, 6) is 1.78. The molecule has 2 atom stereocenters. The van der Waals surface area contributed by atoms with Crippen molar-refractivity contribution in [3.8, 4) is 5.75 Å². The lowest BCUT2D eigenvalue weighted by Gasteiger charge is -2.47. The van der Waals surface area contributed by atoms with Gasteiger partial charge in [0.15, 0.2) is 0 Å². The molecule has 0 aliphatic carbocycles. The molecule has 0 spiro atoms. The summed E-state index contributed by atoms with van der Waals surface area (Å²) in [7, 11) is 3.68. The van der Waals surface area contributed by atoms with Gasteiger partial charge in [-0.15, -0.1) is 0 Å².